The van der Waals surface area contributed by atoms with Crippen LogP contribution in [-0.4, -0.2) is 56.0 Å². The predicted molar refractivity (Wildman–Crippen MR) is 109 cm³/mol. The molecule has 0 aliphatic carbocycles. The van der Waals surface area contributed by atoms with Crippen molar-refractivity contribution < 1.29 is 53.8 Å². The molecule has 156 valence electrons. The Labute approximate surface area is 210 Å². The van der Waals surface area contributed by atoms with Crippen LogP contribution in [0.4, 0.5) is 5.13 Å². The third kappa shape index (κ3) is 4.86. The number of thiophene rings is 1. The summed E-state index contributed by atoms with van der Waals surface area (Å²) in [5, 5.41) is 26.6. The molecule has 14 heteroatoms. The number of hydrogen-bond donors (Lipinski definition) is 2. The number of carboxylic acids is 1. The second-order valence-electron chi connectivity index (χ2n) is 6.42. The first-order valence-electron chi connectivity index (χ1n) is 8.67. The third-order valence-electron chi connectivity index (χ3n) is 4.36. The molecule has 1 unspecified atom stereocenters. The van der Waals surface area contributed by atoms with E-state index in [9.17, 15) is 24.3 Å². The summed E-state index contributed by atoms with van der Waals surface area (Å²) in [5.74, 6) is -2.42. The van der Waals surface area contributed by atoms with E-state index in [2.05, 4.69) is 20.8 Å². The molecule has 0 spiro atoms. The van der Waals surface area contributed by atoms with Gasteiger partial charge in [-0.15, -0.1) is 33.3 Å². The van der Waals surface area contributed by atoms with Crippen LogP contribution in [0.3, 0.4) is 0 Å². The van der Waals surface area contributed by atoms with Crippen LogP contribution in [0.25, 0.3) is 5.57 Å². The summed E-state index contributed by atoms with van der Waals surface area (Å²) < 4.78 is 0. The number of nitrogens with zero attached hydrogens (tertiary/aromatic N) is 3. The van der Waals surface area contributed by atoms with E-state index in [-0.39, 0.29) is 69.4 Å². The van der Waals surface area contributed by atoms with E-state index >= 15 is 0 Å². The Morgan fingerprint density at radius 1 is 1.32 bits per heavy atom. The second-order valence-corrected chi connectivity index (χ2v) is 9.53. The number of thioether (sulfide) groups is 1. The Balaban J connectivity index is 0.00000272. The number of β-lactam (4-membered cyclic amide) rings is 1. The maximum atomic E-state index is 12.7. The number of carbonyl (C=O) groups excluding carboxylic acids is 4. The van der Waals surface area contributed by atoms with Gasteiger partial charge in [0.05, 0.1) is 18.1 Å². The van der Waals surface area contributed by atoms with Crippen molar-refractivity contribution in [2.24, 2.45) is 0 Å². The van der Waals surface area contributed by atoms with Crippen molar-refractivity contribution >= 4 is 68.8 Å². The molecule has 2 aromatic heterocycles. The van der Waals surface area contributed by atoms with Crippen LogP contribution in [0.5, 0.6) is 0 Å². The monoisotopic (exact) mass is 487 g/mol. The summed E-state index contributed by atoms with van der Waals surface area (Å²) in [6.45, 7) is 1.32. The summed E-state index contributed by atoms with van der Waals surface area (Å²) in [6, 6.07) is 2.86. The topological polar surface area (TPSA) is 144 Å². The molecule has 31 heavy (non-hydrogen) atoms. The SMILES string of the molecule is CC(=O)Nc1nnc(C2=C(C(=O)[O-])N3C(=O)C(NC(=O)Cc4cccs4)[C@@H]3SC2)s1.[Na+]. The molecule has 0 saturated carbocycles. The summed E-state index contributed by atoms with van der Waals surface area (Å²) in [7, 11) is 0. The summed E-state index contributed by atoms with van der Waals surface area (Å²) in [4.78, 5) is 49.9. The Kier molecular flexibility index (Phi) is 7.55. The molecule has 10 nitrogen and oxygen atoms in total. The van der Waals surface area contributed by atoms with Gasteiger partial charge in [-0.25, -0.2) is 0 Å². The van der Waals surface area contributed by atoms with E-state index in [0.29, 0.717) is 5.57 Å². The van der Waals surface area contributed by atoms with Crippen molar-refractivity contribution in [1.82, 2.24) is 20.4 Å². The number of carbonyl (C=O) groups is 4. The Morgan fingerprint density at radius 2 is 2.10 bits per heavy atom. The molecular formula is C17H14N5NaO5S3. The van der Waals surface area contributed by atoms with Gasteiger partial charge in [-0.3, -0.25) is 19.3 Å². The zero-order valence-corrected chi connectivity index (χ0v) is 20.9. The summed E-state index contributed by atoms with van der Waals surface area (Å²) in [5.41, 5.74) is 0.0140. The van der Waals surface area contributed by atoms with Crippen LogP contribution < -0.4 is 45.3 Å². The molecule has 3 amide bonds. The number of carboxylic acid groups (broad SMARTS) is 1. The van der Waals surface area contributed by atoms with Gasteiger partial charge in [-0.1, -0.05) is 17.4 Å². The number of rotatable bonds is 6. The normalized spacial score (nSPS) is 19.8. The van der Waals surface area contributed by atoms with Crippen LogP contribution in [-0.2, 0) is 25.6 Å². The fourth-order valence-electron chi connectivity index (χ4n) is 3.11. The predicted octanol–water partition coefficient (Wildman–Crippen LogP) is -3.33. The number of anilines is 1. The molecule has 1 saturated heterocycles. The van der Waals surface area contributed by atoms with E-state index in [4.69, 9.17) is 0 Å². The minimum atomic E-state index is -1.51. The first-order chi connectivity index (χ1) is 14.3. The molecule has 4 rings (SSSR count). The minimum absolute atomic E-state index is 0. The molecule has 0 bridgehead atoms. The van der Waals surface area contributed by atoms with Crippen LogP contribution in [0.2, 0.25) is 0 Å². The number of nitrogens with one attached hydrogen (secondary N) is 2. The molecule has 0 aromatic carbocycles. The molecule has 2 N–H and O–H groups in total. The van der Waals surface area contributed by atoms with Gasteiger partial charge in [0.15, 0.2) is 0 Å². The molecule has 2 aliphatic rings. The molecule has 4 heterocycles. The fourth-order valence-corrected chi connectivity index (χ4v) is 6.09. The molecule has 2 aliphatic heterocycles. The molecule has 1 fully saturated rings. The number of fused-ring (bicyclic) bond motifs is 1. The van der Waals surface area contributed by atoms with Crippen molar-refractivity contribution in [2.75, 3.05) is 11.1 Å². The fraction of sp³-hybridized carbons (Fsp3) is 0.294. The number of aromatic nitrogens is 2. The van der Waals surface area contributed by atoms with Gasteiger partial charge in [0.2, 0.25) is 16.9 Å². The van der Waals surface area contributed by atoms with Crippen molar-refractivity contribution in [1.29, 1.82) is 0 Å². The van der Waals surface area contributed by atoms with Crippen LogP contribution >= 0.6 is 34.4 Å². The minimum Gasteiger partial charge on any atom is -0.543 e. The number of amides is 3. The Bertz CT molecular complexity index is 1070. The smallest absolute Gasteiger partial charge is 0.543 e. The molecular weight excluding hydrogens is 473 g/mol. The quantitative estimate of drug-likeness (QED) is 0.318. The van der Waals surface area contributed by atoms with E-state index < -0.39 is 23.3 Å². The van der Waals surface area contributed by atoms with Crippen LogP contribution in [0.1, 0.15) is 16.8 Å². The van der Waals surface area contributed by atoms with E-state index in [0.717, 1.165) is 21.1 Å². The zero-order valence-electron chi connectivity index (χ0n) is 16.4. The maximum absolute atomic E-state index is 12.7. The van der Waals surface area contributed by atoms with Gasteiger partial charge in [0, 0.05) is 23.1 Å². The van der Waals surface area contributed by atoms with E-state index in [1.165, 1.54) is 30.0 Å². The average Bonchev–Trinajstić information content (AvgIpc) is 3.36. The molecule has 2 aromatic rings. The Morgan fingerprint density at radius 3 is 2.74 bits per heavy atom. The molecule has 0 radical (unpaired) electrons. The maximum Gasteiger partial charge on any atom is 1.00 e. The van der Waals surface area contributed by atoms with Crippen LogP contribution in [0.15, 0.2) is 23.2 Å². The largest absolute Gasteiger partial charge is 1.00 e. The summed E-state index contributed by atoms with van der Waals surface area (Å²) >= 11 is 3.77. The first kappa shape index (κ1) is 23.9. The number of aliphatic carboxylic acids is 1. The number of hydrogen-bond acceptors (Lipinski definition) is 10. The van der Waals surface area contributed by atoms with Crippen molar-refractivity contribution in [3.05, 3.63) is 33.1 Å². The van der Waals surface area contributed by atoms with Gasteiger partial charge in [-0.2, -0.15) is 0 Å². The summed E-state index contributed by atoms with van der Waals surface area (Å²) in [6.07, 6.45) is 0.157. The van der Waals surface area contributed by atoms with E-state index in [1.54, 1.807) is 0 Å². The van der Waals surface area contributed by atoms with Gasteiger partial charge in [0.25, 0.3) is 5.91 Å². The van der Waals surface area contributed by atoms with Crippen LogP contribution in [0, 0.1) is 0 Å². The van der Waals surface area contributed by atoms with Crippen molar-refractivity contribution in [2.45, 2.75) is 24.8 Å². The Hall–Kier alpha value is -1.77. The first-order valence-corrected chi connectivity index (χ1v) is 11.4. The molecule has 2 atom stereocenters. The third-order valence-corrected chi connectivity index (χ3v) is 7.41. The average molecular weight is 488 g/mol. The zero-order chi connectivity index (χ0) is 21.4. The van der Waals surface area contributed by atoms with Gasteiger partial charge < -0.3 is 20.5 Å². The second kappa shape index (κ2) is 9.79. The van der Waals surface area contributed by atoms with Gasteiger partial charge in [-0.05, 0) is 11.4 Å². The van der Waals surface area contributed by atoms with Crippen molar-refractivity contribution in [3.63, 3.8) is 0 Å². The van der Waals surface area contributed by atoms with E-state index in [1.807, 2.05) is 17.5 Å². The standard InChI is InChI=1S/C17H15N5O5S3.Na/c1-7(23)18-17-21-20-13(30-17)9-6-29-15-11(14(25)22(15)12(9)16(26)27)19-10(24)5-8-3-2-4-28-8;/h2-4,11,15H,5-6H2,1H3,(H,19,24)(H,26,27)(H,18,21,23);/q;+1/p-1/t11?,15-;/m0./s1. The van der Waals surface area contributed by atoms with Gasteiger partial charge >= 0.3 is 29.6 Å². The van der Waals surface area contributed by atoms with Crippen molar-refractivity contribution in [3.8, 4) is 0 Å². The van der Waals surface area contributed by atoms with Gasteiger partial charge in [0.1, 0.15) is 16.4 Å².